The molecule has 0 radical (unpaired) electrons. The molecule has 2 aromatic heterocycles. The maximum absolute atomic E-state index is 13.0. The van der Waals surface area contributed by atoms with E-state index in [0.29, 0.717) is 55.0 Å². The van der Waals surface area contributed by atoms with Crippen LogP contribution in [-0.4, -0.2) is 72.6 Å². The van der Waals surface area contributed by atoms with Gasteiger partial charge >= 0.3 is 5.97 Å². The zero-order valence-electron chi connectivity index (χ0n) is 22.8. The van der Waals surface area contributed by atoms with Crippen molar-refractivity contribution in [2.75, 3.05) is 55.7 Å². The van der Waals surface area contributed by atoms with Crippen LogP contribution in [0.15, 0.2) is 52.0 Å². The molecule has 4 heterocycles. The van der Waals surface area contributed by atoms with Crippen LogP contribution in [0.3, 0.4) is 0 Å². The Morgan fingerprint density at radius 2 is 1.75 bits per heavy atom. The van der Waals surface area contributed by atoms with Crippen molar-refractivity contribution < 1.29 is 18.7 Å². The van der Waals surface area contributed by atoms with Gasteiger partial charge in [-0.3, -0.25) is 9.59 Å². The number of esters is 1. The number of furan rings is 1. The first-order chi connectivity index (χ1) is 19.4. The molecule has 1 aromatic carbocycles. The van der Waals surface area contributed by atoms with E-state index in [1.54, 1.807) is 17.9 Å². The van der Waals surface area contributed by atoms with Gasteiger partial charge in [-0.2, -0.15) is 0 Å². The minimum Gasteiger partial charge on any atom is -0.466 e. The number of benzene rings is 1. The number of carbonyl (C=O) groups excluding carboxylic acids is 2. The number of hydrogen-bond donors (Lipinski definition) is 0. The van der Waals surface area contributed by atoms with Crippen LogP contribution in [0, 0.1) is 12.8 Å². The summed E-state index contributed by atoms with van der Waals surface area (Å²) in [7, 11) is 0. The zero-order valence-corrected chi connectivity index (χ0v) is 24.4. The molecule has 2 fully saturated rings. The number of halogens is 1. The van der Waals surface area contributed by atoms with Gasteiger partial charge in [0.05, 0.1) is 29.0 Å². The predicted molar refractivity (Wildman–Crippen MR) is 156 cm³/mol. The van der Waals surface area contributed by atoms with Crippen molar-refractivity contribution in [1.82, 2.24) is 14.9 Å². The van der Waals surface area contributed by atoms with Crippen LogP contribution < -0.4 is 9.80 Å². The molecule has 40 heavy (non-hydrogen) atoms. The molecule has 9 nitrogen and oxygen atoms in total. The van der Waals surface area contributed by atoms with Gasteiger partial charge in [0.15, 0.2) is 10.9 Å². The number of thioether (sulfide) groups is 1. The smallest absolute Gasteiger partial charge is 0.309 e. The molecule has 0 saturated carbocycles. The average molecular weight is 584 g/mol. The SMILES string of the molecule is CCOC(=O)C1CCN(C(=O)c2ccc(CSc3nc(C)cc(N4CCN(c5ccccc5Cl)CC4)n3)o2)CC1. The molecule has 2 saturated heterocycles. The Morgan fingerprint density at radius 3 is 2.48 bits per heavy atom. The number of likely N-dealkylation sites (tertiary alicyclic amines) is 1. The highest BCUT2D eigenvalue weighted by Crippen LogP contribution is 2.29. The van der Waals surface area contributed by atoms with Crippen LogP contribution in [-0.2, 0) is 15.3 Å². The second-order valence-corrected chi connectivity index (χ2v) is 11.3. The van der Waals surface area contributed by atoms with Crippen molar-refractivity contribution in [3.63, 3.8) is 0 Å². The van der Waals surface area contributed by atoms with E-state index >= 15 is 0 Å². The standard InChI is InChI=1S/C29H34ClN5O4S/c1-3-38-28(37)21-10-12-35(13-11-21)27(36)25-9-8-22(39-25)19-40-29-31-20(2)18-26(32-29)34-16-14-33(15-17-34)24-7-5-4-6-23(24)30/h4-9,18,21H,3,10-17,19H2,1-2H3. The molecular weight excluding hydrogens is 550 g/mol. The summed E-state index contributed by atoms with van der Waals surface area (Å²) in [6, 6.07) is 13.5. The van der Waals surface area contributed by atoms with E-state index in [0.717, 1.165) is 48.4 Å². The van der Waals surface area contributed by atoms with Crippen molar-refractivity contribution in [3.8, 4) is 0 Å². The summed E-state index contributed by atoms with van der Waals surface area (Å²) in [6.07, 6.45) is 1.21. The molecular formula is C29H34ClN5O4S. The number of aryl methyl sites for hydroxylation is 1. The van der Waals surface area contributed by atoms with Crippen molar-refractivity contribution >= 4 is 46.7 Å². The van der Waals surface area contributed by atoms with Crippen LogP contribution in [0.2, 0.25) is 5.02 Å². The molecule has 3 aromatic rings. The minimum atomic E-state index is -0.173. The summed E-state index contributed by atoms with van der Waals surface area (Å²) >= 11 is 7.89. The lowest BCUT2D eigenvalue weighted by Crippen LogP contribution is -2.47. The van der Waals surface area contributed by atoms with E-state index in [9.17, 15) is 9.59 Å². The highest BCUT2D eigenvalue weighted by molar-refractivity contribution is 7.98. The lowest BCUT2D eigenvalue weighted by atomic mass is 9.97. The molecule has 0 bridgehead atoms. The number of ether oxygens (including phenoxy) is 1. The van der Waals surface area contributed by atoms with Crippen molar-refractivity contribution in [2.45, 2.75) is 37.6 Å². The fourth-order valence-corrected chi connectivity index (χ4v) is 6.13. The molecule has 0 atom stereocenters. The van der Waals surface area contributed by atoms with Crippen molar-refractivity contribution in [3.05, 3.63) is 64.7 Å². The molecule has 2 aliphatic rings. The van der Waals surface area contributed by atoms with Gasteiger partial charge in [-0.15, -0.1) is 0 Å². The van der Waals surface area contributed by atoms with Gasteiger partial charge in [-0.1, -0.05) is 35.5 Å². The van der Waals surface area contributed by atoms with Gasteiger partial charge in [0.2, 0.25) is 0 Å². The summed E-state index contributed by atoms with van der Waals surface area (Å²) in [5.74, 6) is 1.97. The van der Waals surface area contributed by atoms with Gasteiger partial charge in [-0.05, 0) is 51.0 Å². The molecule has 0 spiro atoms. The Bertz CT molecular complexity index is 1340. The maximum atomic E-state index is 13.0. The highest BCUT2D eigenvalue weighted by Gasteiger charge is 2.30. The normalized spacial score (nSPS) is 16.3. The molecule has 5 rings (SSSR count). The molecule has 0 N–H and O–H groups in total. The number of para-hydroxylation sites is 1. The Balaban J connectivity index is 1.14. The van der Waals surface area contributed by atoms with E-state index in [1.165, 1.54) is 11.8 Å². The Morgan fingerprint density at radius 1 is 1.02 bits per heavy atom. The molecule has 2 aliphatic heterocycles. The number of carbonyl (C=O) groups is 2. The average Bonchev–Trinajstić information content (AvgIpc) is 3.45. The Hall–Kier alpha value is -3.24. The molecule has 0 unspecified atom stereocenters. The number of aromatic nitrogens is 2. The van der Waals surface area contributed by atoms with Gasteiger partial charge < -0.3 is 23.9 Å². The number of nitrogens with zero attached hydrogens (tertiary/aromatic N) is 5. The first-order valence-corrected chi connectivity index (χ1v) is 15.0. The summed E-state index contributed by atoms with van der Waals surface area (Å²) in [6.45, 7) is 8.58. The molecule has 1 amide bonds. The number of amides is 1. The Labute approximate surface area is 243 Å². The van der Waals surface area contributed by atoms with E-state index in [1.807, 2.05) is 37.3 Å². The maximum Gasteiger partial charge on any atom is 0.309 e. The quantitative estimate of drug-likeness (QED) is 0.205. The lowest BCUT2D eigenvalue weighted by molar-refractivity contribution is -0.149. The predicted octanol–water partition coefficient (Wildman–Crippen LogP) is 5.07. The first-order valence-electron chi connectivity index (χ1n) is 13.7. The fraction of sp³-hybridized carbons (Fsp3) is 0.448. The second-order valence-electron chi connectivity index (χ2n) is 9.95. The minimum absolute atomic E-state index is 0.141. The number of piperazine rings is 1. The highest BCUT2D eigenvalue weighted by atomic mass is 35.5. The van der Waals surface area contributed by atoms with E-state index in [4.69, 9.17) is 25.7 Å². The topological polar surface area (TPSA) is 92.0 Å². The Kier molecular flexibility index (Phi) is 9.16. The van der Waals surface area contributed by atoms with Gasteiger partial charge in [0.1, 0.15) is 11.6 Å². The fourth-order valence-electron chi connectivity index (χ4n) is 5.08. The van der Waals surface area contributed by atoms with Gasteiger partial charge in [0, 0.05) is 51.0 Å². The first kappa shape index (κ1) is 28.3. The van der Waals surface area contributed by atoms with Gasteiger partial charge in [0.25, 0.3) is 5.91 Å². The zero-order chi connectivity index (χ0) is 28.1. The largest absolute Gasteiger partial charge is 0.466 e. The van der Waals surface area contributed by atoms with Crippen LogP contribution in [0.4, 0.5) is 11.5 Å². The third-order valence-corrected chi connectivity index (χ3v) is 8.42. The number of piperidine rings is 1. The summed E-state index contributed by atoms with van der Waals surface area (Å²) in [5.41, 5.74) is 1.97. The number of rotatable bonds is 8. The third kappa shape index (κ3) is 6.72. The van der Waals surface area contributed by atoms with E-state index in [2.05, 4.69) is 20.9 Å². The second kappa shape index (κ2) is 13.0. The molecule has 212 valence electrons. The summed E-state index contributed by atoms with van der Waals surface area (Å²) in [4.78, 5) is 40.7. The number of anilines is 2. The molecule has 0 aliphatic carbocycles. The van der Waals surface area contributed by atoms with E-state index in [-0.39, 0.29) is 17.8 Å². The van der Waals surface area contributed by atoms with E-state index < -0.39 is 0 Å². The lowest BCUT2D eigenvalue weighted by Gasteiger charge is -2.37. The monoisotopic (exact) mass is 583 g/mol. The summed E-state index contributed by atoms with van der Waals surface area (Å²) < 4.78 is 11.0. The van der Waals surface area contributed by atoms with Crippen molar-refractivity contribution in [2.24, 2.45) is 5.92 Å². The third-order valence-electron chi connectivity index (χ3n) is 7.24. The molecule has 11 heteroatoms. The van der Waals surface area contributed by atoms with Gasteiger partial charge in [-0.25, -0.2) is 9.97 Å². The van der Waals surface area contributed by atoms with Crippen molar-refractivity contribution in [1.29, 1.82) is 0 Å². The van der Waals surface area contributed by atoms with Crippen LogP contribution in [0.1, 0.15) is 41.8 Å². The van der Waals surface area contributed by atoms with Crippen LogP contribution in [0.25, 0.3) is 0 Å². The van der Waals surface area contributed by atoms with Crippen LogP contribution >= 0.6 is 23.4 Å². The summed E-state index contributed by atoms with van der Waals surface area (Å²) in [5, 5.41) is 1.45. The number of hydrogen-bond acceptors (Lipinski definition) is 9. The van der Waals surface area contributed by atoms with Crippen LogP contribution in [0.5, 0.6) is 0 Å².